The van der Waals surface area contributed by atoms with E-state index in [-0.39, 0.29) is 38.2 Å². The van der Waals surface area contributed by atoms with Crippen LogP contribution in [0, 0.1) is 18.6 Å². The molecule has 0 spiro atoms. The number of ether oxygens (including phenoxy) is 3. The van der Waals surface area contributed by atoms with Crippen molar-refractivity contribution in [3.05, 3.63) is 105 Å². The van der Waals surface area contributed by atoms with Crippen molar-refractivity contribution in [2.45, 2.75) is 96.1 Å². The Hall–Kier alpha value is -5.29. The fourth-order valence-corrected chi connectivity index (χ4v) is 8.23. The Kier molecular flexibility index (Phi) is 13.0. The van der Waals surface area contributed by atoms with Crippen LogP contribution >= 0.6 is 11.6 Å². The van der Waals surface area contributed by atoms with Crippen molar-refractivity contribution in [3.8, 4) is 22.8 Å². The lowest BCUT2D eigenvalue weighted by molar-refractivity contribution is -0.137. The summed E-state index contributed by atoms with van der Waals surface area (Å²) < 4.78 is 122. The molecule has 10 nitrogen and oxygen atoms in total. The largest absolute Gasteiger partial charge is 0.497 e. The highest BCUT2D eigenvalue weighted by atomic mass is 35.5. The number of rotatable bonds is 11. The number of amides is 2. The molecule has 4 aromatic rings. The topological polar surface area (TPSA) is 105 Å². The van der Waals surface area contributed by atoms with E-state index in [0.29, 0.717) is 28.7 Å². The molecule has 4 atom stereocenters. The van der Waals surface area contributed by atoms with E-state index < -0.39 is 99.2 Å². The number of aromatic nitrogens is 1. The van der Waals surface area contributed by atoms with Gasteiger partial charge >= 0.3 is 12.3 Å². The number of halogens is 8. The molecule has 0 unspecified atom stereocenters. The van der Waals surface area contributed by atoms with Crippen molar-refractivity contribution in [1.82, 2.24) is 14.8 Å². The van der Waals surface area contributed by atoms with E-state index in [1.165, 1.54) is 24.0 Å². The quantitative estimate of drug-likeness (QED) is 0.117. The van der Waals surface area contributed by atoms with E-state index in [1.54, 1.807) is 69.3 Å². The van der Waals surface area contributed by atoms with Crippen molar-refractivity contribution < 1.29 is 59.6 Å². The predicted octanol–water partition coefficient (Wildman–Crippen LogP) is 9.45. The lowest BCUT2D eigenvalue weighted by Gasteiger charge is -2.48. The number of benzene rings is 3. The molecule has 2 aliphatic heterocycles. The summed E-state index contributed by atoms with van der Waals surface area (Å²) in [6.07, 6.45) is -11.6. The molecule has 328 valence electrons. The number of aliphatic hydroxyl groups excluding tert-OH is 1. The van der Waals surface area contributed by atoms with Crippen LogP contribution in [0.2, 0.25) is 5.15 Å². The summed E-state index contributed by atoms with van der Waals surface area (Å²) in [5, 5.41) is 9.95. The van der Waals surface area contributed by atoms with Crippen molar-refractivity contribution in [3.63, 3.8) is 0 Å². The number of piperazine rings is 1. The Morgan fingerprint density at radius 3 is 1.98 bits per heavy atom. The molecule has 61 heavy (non-hydrogen) atoms. The number of hydrogen-bond donors (Lipinski definition) is 1. The molecule has 2 aliphatic rings. The Morgan fingerprint density at radius 2 is 1.49 bits per heavy atom. The molecule has 0 saturated carbocycles. The summed E-state index contributed by atoms with van der Waals surface area (Å²) >= 11 is 6.49. The molecule has 18 heteroatoms. The number of fused-ring (bicyclic) bond motifs is 2. The van der Waals surface area contributed by atoms with Gasteiger partial charge in [-0.15, -0.1) is 0 Å². The zero-order chi connectivity index (χ0) is 44.7. The van der Waals surface area contributed by atoms with Gasteiger partial charge in [0.2, 0.25) is 0 Å². The first-order valence-electron chi connectivity index (χ1n) is 19.2. The molecule has 3 aromatic carbocycles. The van der Waals surface area contributed by atoms with E-state index in [4.69, 9.17) is 25.8 Å². The van der Waals surface area contributed by atoms with E-state index in [2.05, 4.69) is 4.98 Å². The maximum atomic E-state index is 16.5. The summed E-state index contributed by atoms with van der Waals surface area (Å²) in [5.41, 5.74) is -5.01. The van der Waals surface area contributed by atoms with Gasteiger partial charge < -0.3 is 29.1 Å². The van der Waals surface area contributed by atoms with Crippen LogP contribution in [0.5, 0.6) is 11.5 Å². The number of hydrogen-bond acceptors (Lipinski definition) is 8. The molecule has 2 amide bonds. The summed E-state index contributed by atoms with van der Waals surface area (Å²) in [7, 11) is 2.95. The predicted molar refractivity (Wildman–Crippen MR) is 212 cm³/mol. The van der Waals surface area contributed by atoms with Gasteiger partial charge in [-0.3, -0.25) is 9.69 Å². The first kappa shape index (κ1) is 45.2. The van der Waals surface area contributed by atoms with Crippen LogP contribution in [0.4, 0.5) is 41.2 Å². The minimum atomic E-state index is -5.24. The zero-order valence-corrected chi connectivity index (χ0v) is 34.8. The summed E-state index contributed by atoms with van der Waals surface area (Å²) in [6.45, 7) is 5.28. The number of likely N-dealkylation sites (tertiary alicyclic amines) is 1. The number of aliphatic hydroxyl groups is 1. The second kappa shape index (κ2) is 17.6. The second-order valence-corrected chi connectivity index (χ2v) is 16.3. The first-order chi connectivity index (χ1) is 28.6. The lowest BCUT2D eigenvalue weighted by atomic mass is 9.94. The van der Waals surface area contributed by atoms with Crippen LogP contribution in [0.3, 0.4) is 0 Å². The molecule has 1 aromatic heterocycles. The summed E-state index contributed by atoms with van der Waals surface area (Å²) in [5.74, 6) is -2.80. The molecule has 0 radical (unpaired) electrons. The number of nitrogens with zero attached hydrogens (tertiary/aromatic N) is 4. The van der Waals surface area contributed by atoms with Gasteiger partial charge in [-0.2, -0.15) is 13.2 Å². The monoisotopic (exact) mass is 880 g/mol. The van der Waals surface area contributed by atoms with Crippen LogP contribution in [-0.4, -0.2) is 88.9 Å². The fourth-order valence-electron chi connectivity index (χ4n) is 8.01. The van der Waals surface area contributed by atoms with Crippen LogP contribution in [0.1, 0.15) is 66.2 Å². The maximum Gasteiger partial charge on any atom is 0.417 e. The molecule has 0 aliphatic carbocycles. The average molecular weight is 881 g/mol. The molecular formula is C43H44ClF7N4O6. The first-order valence-corrected chi connectivity index (χ1v) is 19.6. The van der Waals surface area contributed by atoms with Gasteiger partial charge in [0.15, 0.2) is 0 Å². The summed E-state index contributed by atoms with van der Waals surface area (Å²) in [6, 6.07) is 11.2. The number of anilines is 1. The van der Waals surface area contributed by atoms with Gasteiger partial charge in [0.25, 0.3) is 12.3 Å². The lowest BCUT2D eigenvalue weighted by Crippen LogP contribution is -2.67. The van der Waals surface area contributed by atoms with Crippen LogP contribution < -0.4 is 14.4 Å². The number of pyridine rings is 1. The Morgan fingerprint density at radius 1 is 0.934 bits per heavy atom. The van der Waals surface area contributed by atoms with E-state index in [1.807, 2.05) is 0 Å². The number of carbonyl (C=O) groups is 2. The normalized spacial score (nSPS) is 18.3. The highest BCUT2D eigenvalue weighted by Crippen LogP contribution is 2.45. The minimum absolute atomic E-state index is 0.0316. The van der Waals surface area contributed by atoms with Gasteiger partial charge in [-0.1, -0.05) is 35.9 Å². The molecule has 2 fully saturated rings. The molecular weight excluding hydrogens is 837 g/mol. The zero-order valence-electron chi connectivity index (χ0n) is 34.0. The average Bonchev–Trinajstić information content (AvgIpc) is 3.51. The van der Waals surface area contributed by atoms with Crippen LogP contribution in [0.25, 0.3) is 11.3 Å². The van der Waals surface area contributed by atoms with Gasteiger partial charge in [0.1, 0.15) is 45.7 Å². The van der Waals surface area contributed by atoms with Gasteiger partial charge in [0, 0.05) is 25.2 Å². The van der Waals surface area contributed by atoms with Gasteiger partial charge in [-0.25, -0.2) is 27.3 Å². The van der Waals surface area contributed by atoms with Crippen molar-refractivity contribution in [2.24, 2.45) is 0 Å². The SMILES string of the molecule is COc1ccc(CN(Cc2ccc(OC)cc2)c2cc(-c3nc(Cl)c(C(=O)N4C[C@H]5CC[C@@H]([C@H]4[C@@H](O)C(F)F)N5C(=O)OC(C)(C)C)cc3F)c(C(F)(F)F)c(C)c2F)cc1. The Labute approximate surface area is 352 Å². The van der Waals surface area contributed by atoms with Crippen LogP contribution in [0.15, 0.2) is 60.7 Å². The standard InChI is InChI=1S/C43H44ClF7N4O6/c1-22-33(43(49,50)51)28(18-32(34(22)46)53(19-23-7-12-26(59-5)13-8-23)20-24-9-14-27(60-6)15-10-24)35-30(45)17-29(38(44)52-35)40(57)54-21-25-11-16-31(36(54)37(56)39(47)48)55(25)41(58)61-42(2,3)4/h7-10,12-15,17-18,25,31,36-37,39,56H,11,16,19-21H2,1-6H3/t25-,31+,36+,37-/m1/s1. The third kappa shape index (κ3) is 9.47. The molecule has 3 heterocycles. The highest BCUT2D eigenvalue weighted by molar-refractivity contribution is 6.32. The van der Waals surface area contributed by atoms with Crippen molar-refractivity contribution >= 4 is 29.3 Å². The maximum absolute atomic E-state index is 16.5. The Balaban J connectivity index is 1.43. The molecule has 2 bridgehead atoms. The van der Waals surface area contributed by atoms with Crippen molar-refractivity contribution in [2.75, 3.05) is 25.7 Å². The Bertz CT molecular complexity index is 2210. The molecule has 1 N–H and O–H groups in total. The van der Waals surface area contributed by atoms with Gasteiger partial charge in [0.05, 0.1) is 49.2 Å². The van der Waals surface area contributed by atoms with Crippen molar-refractivity contribution in [1.29, 1.82) is 0 Å². The smallest absolute Gasteiger partial charge is 0.417 e. The van der Waals surface area contributed by atoms with Gasteiger partial charge in [-0.05, 0) is 93.6 Å². The minimum Gasteiger partial charge on any atom is -0.497 e. The highest BCUT2D eigenvalue weighted by Gasteiger charge is 2.55. The molecule has 2 saturated heterocycles. The molecule has 6 rings (SSSR count). The summed E-state index contributed by atoms with van der Waals surface area (Å²) in [4.78, 5) is 34.8. The van der Waals surface area contributed by atoms with E-state index >= 15 is 8.78 Å². The second-order valence-electron chi connectivity index (χ2n) is 15.9. The number of alkyl halides is 5. The van der Waals surface area contributed by atoms with Crippen LogP contribution in [-0.2, 0) is 24.0 Å². The third-order valence-electron chi connectivity index (χ3n) is 10.8. The van der Waals surface area contributed by atoms with E-state index in [9.17, 15) is 36.6 Å². The number of carbonyl (C=O) groups excluding carboxylic acids is 2. The fraction of sp³-hybridized carbons (Fsp3) is 0.419. The number of methoxy groups -OCH3 is 2. The third-order valence-corrected chi connectivity index (χ3v) is 11.1. The van der Waals surface area contributed by atoms with E-state index in [0.717, 1.165) is 17.9 Å².